The van der Waals surface area contributed by atoms with E-state index >= 15 is 0 Å². The number of non-ortho nitro benzene ring substituents is 1. The molecule has 26 heavy (non-hydrogen) atoms. The van der Waals surface area contributed by atoms with Crippen molar-refractivity contribution >= 4 is 5.69 Å². The number of aromatic amines is 1. The van der Waals surface area contributed by atoms with Crippen molar-refractivity contribution in [1.29, 1.82) is 0 Å². The van der Waals surface area contributed by atoms with Crippen LogP contribution >= 0.6 is 0 Å². The van der Waals surface area contributed by atoms with Crippen LogP contribution in [0.3, 0.4) is 0 Å². The Hall–Kier alpha value is -2.86. The number of aliphatic hydroxyl groups is 3. The highest BCUT2D eigenvalue weighted by Gasteiger charge is 2.44. The molecule has 0 unspecified atom stereocenters. The molecule has 2 aromatic rings. The number of hydrogen-bond donors (Lipinski definition) is 4. The fourth-order valence-corrected chi connectivity index (χ4v) is 2.83. The quantitative estimate of drug-likeness (QED) is 0.384. The van der Waals surface area contributed by atoms with Crippen molar-refractivity contribution in [3.8, 4) is 11.3 Å². The molecule has 1 aliphatic rings. The van der Waals surface area contributed by atoms with Gasteiger partial charge in [0.1, 0.15) is 18.3 Å². The lowest BCUT2D eigenvalue weighted by atomic mass is 10.1. The van der Waals surface area contributed by atoms with Gasteiger partial charge in [0.05, 0.1) is 17.2 Å². The summed E-state index contributed by atoms with van der Waals surface area (Å²) in [6.07, 6.45) is -5.45. The van der Waals surface area contributed by atoms with Gasteiger partial charge in [-0.25, -0.2) is 4.79 Å². The Morgan fingerprint density at radius 1 is 1.19 bits per heavy atom. The first-order valence-corrected chi connectivity index (χ1v) is 7.56. The summed E-state index contributed by atoms with van der Waals surface area (Å²) in [5, 5.41) is 40.0. The predicted octanol–water partition coefficient (Wildman–Crippen LogP) is -1.28. The molecule has 1 aromatic heterocycles. The van der Waals surface area contributed by atoms with E-state index in [1.165, 1.54) is 24.3 Å². The molecule has 4 atom stereocenters. The highest BCUT2D eigenvalue weighted by Crippen LogP contribution is 2.31. The van der Waals surface area contributed by atoms with E-state index in [-0.39, 0.29) is 16.9 Å². The third-order valence-corrected chi connectivity index (χ3v) is 4.12. The van der Waals surface area contributed by atoms with Gasteiger partial charge >= 0.3 is 5.69 Å². The number of aliphatic hydroxyl groups excluding tert-OH is 3. The van der Waals surface area contributed by atoms with Crippen molar-refractivity contribution in [2.75, 3.05) is 6.61 Å². The van der Waals surface area contributed by atoms with Gasteiger partial charge in [-0.05, 0) is 17.7 Å². The van der Waals surface area contributed by atoms with E-state index < -0.39 is 47.3 Å². The summed E-state index contributed by atoms with van der Waals surface area (Å²) < 4.78 is 6.27. The first-order chi connectivity index (χ1) is 12.3. The highest BCUT2D eigenvalue weighted by molar-refractivity contribution is 5.61. The lowest BCUT2D eigenvalue weighted by Gasteiger charge is -2.21. The van der Waals surface area contributed by atoms with E-state index in [9.17, 15) is 35.0 Å². The monoisotopic (exact) mass is 365 g/mol. The van der Waals surface area contributed by atoms with Gasteiger partial charge in [0.2, 0.25) is 0 Å². The van der Waals surface area contributed by atoms with Crippen LogP contribution < -0.4 is 11.2 Å². The Morgan fingerprint density at radius 3 is 2.38 bits per heavy atom. The molecule has 2 heterocycles. The average Bonchev–Trinajstić information content (AvgIpc) is 2.89. The minimum Gasteiger partial charge on any atom is -0.394 e. The second kappa shape index (κ2) is 6.80. The predicted molar refractivity (Wildman–Crippen MR) is 86.4 cm³/mol. The number of hydrogen-bond acceptors (Lipinski definition) is 8. The minimum atomic E-state index is -1.53. The van der Waals surface area contributed by atoms with Gasteiger partial charge in [-0.3, -0.25) is 24.5 Å². The average molecular weight is 365 g/mol. The minimum absolute atomic E-state index is 0.0310. The van der Waals surface area contributed by atoms with Gasteiger partial charge in [-0.15, -0.1) is 0 Å². The topological polar surface area (TPSA) is 168 Å². The van der Waals surface area contributed by atoms with E-state index in [1.54, 1.807) is 0 Å². The zero-order valence-electron chi connectivity index (χ0n) is 13.2. The fraction of sp³-hybridized carbons (Fsp3) is 0.333. The molecule has 1 saturated heterocycles. The summed E-state index contributed by atoms with van der Waals surface area (Å²) in [7, 11) is 0. The Morgan fingerprint density at radius 2 is 1.85 bits per heavy atom. The number of nitrogens with one attached hydrogen (secondary N) is 1. The molecular weight excluding hydrogens is 350 g/mol. The van der Waals surface area contributed by atoms with Crippen LogP contribution in [0.5, 0.6) is 0 Å². The van der Waals surface area contributed by atoms with Crippen LogP contribution in [0.1, 0.15) is 6.23 Å². The molecule has 0 amide bonds. The summed E-state index contributed by atoms with van der Waals surface area (Å²) >= 11 is 0. The van der Waals surface area contributed by atoms with Crippen molar-refractivity contribution in [2.45, 2.75) is 24.5 Å². The maximum absolute atomic E-state index is 12.3. The van der Waals surface area contributed by atoms with E-state index in [0.29, 0.717) is 0 Å². The second-order valence-corrected chi connectivity index (χ2v) is 5.73. The molecule has 11 nitrogen and oxygen atoms in total. The highest BCUT2D eigenvalue weighted by atomic mass is 16.6. The number of nitrogens with zero attached hydrogens (tertiary/aromatic N) is 2. The summed E-state index contributed by atoms with van der Waals surface area (Å²) in [5.74, 6) is 0. The molecule has 0 bridgehead atoms. The Bertz CT molecular complexity index is 935. The van der Waals surface area contributed by atoms with Gasteiger partial charge in [-0.2, -0.15) is 0 Å². The van der Waals surface area contributed by atoms with Crippen LogP contribution in [-0.2, 0) is 4.74 Å². The molecule has 138 valence electrons. The summed E-state index contributed by atoms with van der Waals surface area (Å²) in [5.41, 5.74) is -1.48. The number of H-pyrrole nitrogens is 1. The molecule has 0 radical (unpaired) electrons. The van der Waals surface area contributed by atoms with Crippen LogP contribution in [0.25, 0.3) is 11.3 Å². The Balaban J connectivity index is 2.13. The van der Waals surface area contributed by atoms with Crippen LogP contribution in [0, 0.1) is 10.1 Å². The lowest BCUT2D eigenvalue weighted by Crippen LogP contribution is -2.38. The fourth-order valence-electron chi connectivity index (χ4n) is 2.83. The molecule has 11 heteroatoms. The number of nitro benzene ring substituents is 1. The Labute approximate surface area is 144 Å². The third kappa shape index (κ3) is 3.04. The number of aromatic nitrogens is 2. The van der Waals surface area contributed by atoms with Crippen LogP contribution in [0.15, 0.2) is 39.9 Å². The first kappa shape index (κ1) is 17.9. The number of nitro groups is 1. The SMILES string of the molecule is O=c1cc(-c2ccc([N+](=O)[O-])cc2)n([C@@H]2O[C@H](CO)[C@@H](O)[C@H]2O)c(=O)[nH]1. The van der Waals surface area contributed by atoms with Gasteiger partial charge in [0.15, 0.2) is 6.23 Å². The lowest BCUT2D eigenvalue weighted by molar-refractivity contribution is -0.384. The summed E-state index contributed by atoms with van der Waals surface area (Å²) in [4.78, 5) is 36.2. The normalized spacial score (nSPS) is 25.3. The molecule has 0 spiro atoms. The first-order valence-electron chi connectivity index (χ1n) is 7.56. The number of ether oxygens (including phenoxy) is 1. The molecule has 1 aliphatic heterocycles. The van der Waals surface area contributed by atoms with Crippen molar-refractivity contribution < 1.29 is 25.0 Å². The number of benzene rings is 1. The van der Waals surface area contributed by atoms with E-state index in [4.69, 9.17) is 4.74 Å². The smallest absolute Gasteiger partial charge is 0.331 e. The van der Waals surface area contributed by atoms with Gasteiger partial charge < -0.3 is 20.1 Å². The zero-order valence-corrected chi connectivity index (χ0v) is 13.2. The molecule has 1 fully saturated rings. The van der Waals surface area contributed by atoms with Crippen molar-refractivity contribution in [2.24, 2.45) is 0 Å². The van der Waals surface area contributed by atoms with E-state index in [1.807, 2.05) is 4.98 Å². The second-order valence-electron chi connectivity index (χ2n) is 5.73. The molecule has 0 saturated carbocycles. The Kier molecular flexibility index (Phi) is 4.70. The maximum atomic E-state index is 12.3. The molecular formula is C15H15N3O8. The zero-order chi connectivity index (χ0) is 19.0. The maximum Gasteiger partial charge on any atom is 0.331 e. The van der Waals surface area contributed by atoms with Gasteiger partial charge in [-0.1, -0.05) is 0 Å². The molecule has 4 N–H and O–H groups in total. The molecule has 1 aromatic carbocycles. The standard InChI is InChI=1S/C15H15N3O8/c19-6-10-12(21)13(22)14(26-10)17-9(5-11(20)16-15(17)23)7-1-3-8(4-2-7)18(24)25/h1-5,10,12-14,19,21-22H,6H2,(H,16,20,23)/t10-,12-,13-,14-/m1/s1. The van der Waals surface area contributed by atoms with Crippen LogP contribution in [0.2, 0.25) is 0 Å². The summed E-state index contributed by atoms with van der Waals surface area (Å²) in [6.45, 7) is -0.584. The summed E-state index contributed by atoms with van der Waals surface area (Å²) in [6, 6.07) is 6.14. The largest absolute Gasteiger partial charge is 0.394 e. The van der Waals surface area contributed by atoms with Crippen molar-refractivity contribution in [3.05, 3.63) is 61.3 Å². The molecule has 3 rings (SSSR count). The number of rotatable bonds is 4. The van der Waals surface area contributed by atoms with Crippen LogP contribution in [0.4, 0.5) is 5.69 Å². The van der Waals surface area contributed by atoms with E-state index in [2.05, 4.69) is 0 Å². The van der Waals surface area contributed by atoms with Crippen LogP contribution in [-0.4, -0.2) is 54.7 Å². The van der Waals surface area contributed by atoms with Gasteiger partial charge in [0, 0.05) is 18.2 Å². The molecule has 0 aliphatic carbocycles. The van der Waals surface area contributed by atoms with E-state index in [0.717, 1.165) is 10.6 Å². The van der Waals surface area contributed by atoms with Crippen molar-refractivity contribution in [1.82, 2.24) is 9.55 Å². The van der Waals surface area contributed by atoms with Crippen molar-refractivity contribution in [3.63, 3.8) is 0 Å². The third-order valence-electron chi connectivity index (χ3n) is 4.12. The van der Waals surface area contributed by atoms with Gasteiger partial charge in [0.25, 0.3) is 11.2 Å².